The van der Waals surface area contributed by atoms with Gasteiger partial charge in [0.15, 0.2) is 0 Å². The van der Waals surface area contributed by atoms with Crippen LogP contribution in [0.4, 0.5) is 5.69 Å². The lowest BCUT2D eigenvalue weighted by atomic mass is 9.87. The number of carbonyl (C=O) groups is 2. The van der Waals surface area contributed by atoms with Crippen molar-refractivity contribution in [2.24, 2.45) is 5.92 Å². The lowest BCUT2D eigenvalue weighted by Crippen LogP contribution is -2.34. The van der Waals surface area contributed by atoms with E-state index in [2.05, 4.69) is 34.4 Å². The molecule has 0 saturated heterocycles. The number of carbonyl (C=O) groups excluding carboxylic acids is 2. The molecule has 1 saturated carbocycles. The Morgan fingerprint density at radius 1 is 1.12 bits per heavy atom. The monoisotopic (exact) mass is 355 g/mol. The first-order valence-corrected chi connectivity index (χ1v) is 9.81. The zero-order valence-electron chi connectivity index (χ0n) is 15.6. The molecule has 1 fully saturated rings. The van der Waals surface area contributed by atoms with Crippen LogP contribution in [-0.2, 0) is 16.1 Å². The summed E-state index contributed by atoms with van der Waals surface area (Å²) >= 11 is 0. The molecule has 1 heterocycles. The van der Waals surface area contributed by atoms with Crippen LogP contribution < -0.4 is 10.6 Å². The number of fused-ring (bicyclic) bond motifs is 1. The van der Waals surface area contributed by atoms with Gasteiger partial charge in [-0.25, -0.2) is 0 Å². The van der Waals surface area contributed by atoms with Gasteiger partial charge in [-0.15, -0.1) is 0 Å². The number of benzene rings is 1. The Kier molecular flexibility index (Phi) is 6.31. The highest BCUT2D eigenvalue weighted by Crippen LogP contribution is 2.26. The molecule has 3 rings (SSSR count). The minimum Gasteiger partial charge on any atom is -0.347 e. The van der Waals surface area contributed by atoms with Crippen molar-refractivity contribution in [3.05, 3.63) is 30.5 Å². The number of nitrogens with one attached hydrogen (secondary N) is 2. The molecule has 5 heteroatoms. The lowest BCUT2D eigenvalue weighted by molar-refractivity contribution is -0.125. The van der Waals surface area contributed by atoms with E-state index >= 15 is 0 Å². The molecule has 2 N–H and O–H groups in total. The van der Waals surface area contributed by atoms with Crippen molar-refractivity contribution in [1.82, 2.24) is 9.88 Å². The summed E-state index contributed by atoms with van der Waals surface area (Å²) < 4.78 is 2.21. The number of hydrogen-bond donors (Lipinski definition) is 2. The van der Waals surface area contributed by atoms with E-state index in [0.29, 0.717) is 12.3 Å². The van der Waals surface area contributed by atoms with Gasteiger partial charge in [0.05, 0.1) is 6.54 Å². The molecule has 1 aliphatic rings. The number of nitrogens with zero attached hydrogens (tertiary/aromatic N) is 1. The zero-order valence-corrected chi connectivity index (χ0v) is 15.6. The Hall–Kier alpha value is -2.30. The maximum absolute atomic E-state index is 12.1. The highest BCUT2D eigenvalue weighted by molar-refractivity contribution is 5.96. The van der Waals surface area contributed by atoms with Gasteiger partial charge in [0.1, 0.15) is 0 Å². The maximum Gasteiger partial charge on any atom is 0.243 e. The lowest BCUT2D eigenvalue weighted by Gasteiger charge is -2.20. The van der Waals surface area contributed by atoms with Crippen LogP contribution in [0.15, 0.2) is 30.5 Å². The van der Waals surface area contributed by atoms with Crippen LogP contribution in [-0.4, -0.2) is 22.9 Å². The van der Waals surface area contributed by atoms with Crippen molar-refractivity contribution < 1.29 is 9.59 Å². The third kappa shape index (κ3) is 4.87. The van der Waals surface area contributed by atoms with Crippen LogP contribution in [0, 0.1) is 5.92 Å². The molecule has 2 aromatic rings. The molecule has 0 bridgehead atoms. The van der Waals surface area contributed by atoms with Gasteiger partial charge in [0, 0.05) is 35.8 Å². The molecule has 1 aromatic carbocycles. The van der Waals surface area contributed by atoms with E-state index in [0.717, 1.165) is 36.9 Å². The van der Waals surface area contributed by atoms with E-state index in [9.17, 15) is 9.59 Å². The number of aromatic nitrogens is 1. The second kappa shape index (κ2) is 8.88. The highest BCUT2D eigenvalue weighted by atomic mass is 16.2. The fraction of sp³-hybridized carbons (Fsp3) is 0.524. The van der Waals surface area contributed by atoms with Crippen molar-refractivity contribution >= 4 is 28.4 Å². The fourth-order valence-electron chi connectivity index (χ4n) is 3.82. The molecular formula is C21H29N3O2. The highest BCUT2D eigenvalue weighted by Gasteiger charge is 2.17. The van der Waals surface area contributed by atoms with Gasteiger partial charge in [0.2, 0.25) is 11.8 Å². The molecule has 0 atom stereocenters. The van der Waals surface area contributed by atoms with Crippen LogP contribution in [0.1, 0.15) is 51.9 Å². The number of anilines is 1. The van der Waals surface area contributed by atoms with Gasteiger partial charge in [-0.05, 0) is 49.4 Å². The normalized spacial score (nSPS) is 15.1. The molecule has 2 amide bonds. The van der Waals surface area contributed by atoms with Crippen molar-refractivity contribution in [3.8, 4) is 0 Å². The minimum absolute atomic E-state index is 0.0147. The van der Waals surface area contributed by atoms with Crippen molar-refractivity contribution in [2.45, 2.75) is 58.4 Å². The SMILES string of the molecule is CCCn1ccc2cc(NC(=O)CNC(=O)CC3CCCCC3)ccc21. The van der Waals surface area contributed by atoms with Gasteiger partial charge in [-0.2, -0.15) is 0 Å². The zero-order chi connectivity index (χ0) is 18.4. The average molecular weight is 355 g/mol. The molecule has 5 nitrogen and oxygen atoms in total. The van der Waals surface area contributed by atoms with E-state index in [1.807, 2.05) is 18.2 Å². The van der Waals surface area contributed by atoms with E-state index in [1.54, 1.807) is 0 Å². The summed E-state index contributed by atoms with van der Waals surface area (Å²) in [5.74, 6) is 0.287. The maximum atomic E-state index is 12.1. The number of hydrogen-bond acceptors (Lipinski definition) is 2. The summed E-state index contributed by atoms with van der Waals surface area (Å²) in [5, 5.41) is 6.73. The number of aryl methyl sites for hydroxylation is 1. The molecule has 140 valence electrons. The third-order valence-electron chi connectivity index (χ3n) is 5.16. The standard InChI is InChI=1S/C21H29N3O2/c1-2-11-24-12-10-17-14-18(8-9-19(17)24)23-21(26)15-22-20(25)13-16-6-4-3-5-7-16/h8-10,12,14,16H,2-7,11,13,15H2,1H3,(H,22,25)(H,23,26). The first-order valence-electron chi connectivity index (χ1n) is 9.81. The largest absolute Gasteiger partial charge is 0.347 e. The summed E-state index contributed by atoms with van der Waals surface area (Å²) in [6, 6.07) is 7.98. The Bertz CT molecular complexity index is 760. The van der Waals surface area contributed by atoms with Gasteiger partial charge >= 0.3 is 0 Å². The molecule has 0 aliphatic heterocycles. The molecule has 26 heavy (non-hydrogen) atoms. The van der Waals surface area contributed by atoms with Crippen molar-refractivity contribution in [2.75, 3.05) is 11.9 Å². The summed E-state index contributed by atoms with van der Waals surface area (Å²) in [5.41, 5.74) is 1.93. The van der Waals surface area contributed by atoms with Crippen LogP contribution in [0.25, 0.3) is 10.9 Å². The summed E-state index contributed by atoms with van der Waals surface area (Å²) in [6.45, 7) is 3.17. The summed E-state index contributed by atoms with van der Waals surface area (Å²) in [7, 11) is 0. The topological polar surface area (TPSA) is 63.1 Å². The summed E-state index contributed by atoms with van der Waals surface area (Å²) in [4.78, 5) is 24.1. The predicted molar refractivity (Wildman–Crippen MR) is 105 cm³/mol. The Balaban J connectivity index is 1.48. The van der Waals surface area contributed by atoms with Crippen molar-refractivity contribution in [3.63, 3.8) is 0 Å². The van der Waals surface area contributed by atoms with Crippen LogP contribution in [0.5, 0.6) is 0 Å². The van der Waals surface area contributed by atoms with Gasteiger partial charge in [0.25, 0.3) is 0 Å². The number of rotatable bonds is 7. The second-order valence-electron chi connectivity index (χ2n) is 7.32. The molecule has 1 aliphatic carbocycles. The fourth-order valence-corrected chi connectivity index (χ4v) is 3.82. The molecule has 1 aromatic heterocycles. The minimum atomic E-state index is -0.186. The molecular weight excluding hydrogens is 326 g/mol. The molecule has 0 radical (unpaired) electrons. The first kappa shape index (κ1) is 18.5. The van der Waals surface area contributed by atoms with Gasteiger partial charge in [-0.1, -0.05) is 26.2 Å². The second-order valence-corrected chi connectivity index (χ2v) is 7.32. The van der Waals surface area contributed by atoms with Gasteiger partial charge < -0.3 is 15.2 Å². The van der Waals surface area contributed by atoms with Crippen LogP contribution in [0.2, 0.25) is 0 Å². The Labute approximate surface area is 155 Å². The van der Waals surface area contributed by atoms with Crippen molar-refractivity contribution in [1.29, 1.82) is 0 Å². The van der Waals surface area contributed by atoms with Crippen LogP contribution >= 0.6 is 0 Å². The van der Waals surface area contributed by atoms with Crippen LogP contribution in [0.3, 0.4) is 0 Å². The average Bonchev–Trinajstić information content (AvgIpc) is 3.03. The molecule has 0 spiro atoms. The van der Waals surface area contributed by atoms with E-state index in [1.165, 1.54) is 24.8 Å². The van der Waals surface area contributed by atoms with Gasteiger partial charge in [-0.3, -0.25) is 9.59 Å². The van der Waals surface area contributed by atoms with E-state index < -0.39 is 0 Å². The smallest absolute Gasteiger partial charge is 0.243 e. The predicted octanol–water partition coefficient (Wildman–Crippen LogP) is 4.08. The quantitative estimate of drug-likeness (QED) is 0.786. The Morgan fingerprint density at radius 3 is 2.69 bits per heavy atom. The number of amides is 2. The van der Waals surface area contributed by atoms with E-state index in [4.69, 9.17) is 0 Å². The third-order valence-corrected chi connectivity index (χ3v) is 5.16. The Morgan fingerprint density at radius 2 is 1.92 bits per heavy atom. The van der Waals surface area contributed by atoms with E-state index in [-0.39, 0.29) is 18.4 Å². The first-order chi connectivity index (χ1) is 12.7. The summed E-state index contributed by atoms with van der Waals surface area (Å²) in [6.07, 6.45) is 9.71. The molecule has 0 unspecified atom stereocenters.